The van der Waals surface area contributed by atoms with Gasteiger partial charge in [0, 0.05) is 6.42 Å². The lowest BCUT2D eigenvalue weighted by molar-refractivity contribution is -0.141. The molecule has 0 fully saturated rings. The Morgan fingerprint density at radius 1 is 1.33 bits per heavy atom. The van der Waals surface area contributed by atoms with Crippen LogP contribution in [0.4, 0.5) is 13.2 Å². The number of hydrogen-bond donors (Lipinski definition) is 1. The van der Waals surface area contributed by atoms with E-state index < -0.39 is 22.7 Å². The van der Waals surface area contributed by atoms with Crippen LogP contribution in [0.15, 0.2) is 24.3 Å². The highest BCUT2D eigenvalue weighted by atomic mass is 32.1. The Kier molecular flexibility index (Phi) is 4.17. The van der Waals surface area contributed by atoms with Crippen molar-refractivity contribution in [1.29, 1.82) is 0 Å². The predicted molar refractivity (Wildman–Crippen MR) is 69.9 cm³/mol. The van der Waals surface area contributed by atoms with Crippen LogP contribution in [0.1, 0.15) is 25.9 Å². The average molecular weight is 317 g/mol. The van der Waals surface area contributed by atoms with Crippen LogP contribution in [0.25, 0.3) is 0 Å². The summed E-state index contributed by atoms with van der Waals surface area (Å²) in [7, 11) is 1.50. The summed E-state index contributed by atoms with van der Waals surface area (Å²) in [6.45, 7) is 0. The minimum atomic E-state index is -4.78. The molecule has 0 saturated heterocycles. The van der Waals surface area contributed by atoms with E-state index in [1.54, 1.807) is 24.3 Å². The molecule has 1 N–H and O–H groups in total. The second-order valence-electron chi connectivity index (χ2n) is 4.11. The lowest BCUT2D eigenvalue weighted by Crippen LogP contribution is -2.11. The molecule has 0 atom stereocenters. The molecule has 0 radical (unpaired) electrons. The van der Waals surface area contributed by atoms with E-state index in [0.29, 0.717) is 17.1 Å². The van der Waals surface area contributed by atoms with Gasteiger partial charge in [0.1, 0.15) is 10.6 Å². The van der Waals surface area contributed by atoms with Gasteiger partial charge in [0.15, 0.2) is 5.69 Å². The number of carboxylic acids is 1. The number of ether oxygens (including phenoxy) is 1. The lowest BCUT2D eigenvalue weighted by atomic mass is 10.1. The van der Waals surface area contributed by atoms with E-state index in [1.807, 2.05) is 0 Å². The highest BCUT2D eigenvalue weighted by molar-refractivity contribution is 7.13. The molecular weight excluding hydrogens is 307 g/mol. The minimum absolute atomic E-state index is 0.102. The summed E-state index contributed by atoms with van der Waals surface area (Å²) >= 11 is 0.537. The fourth-order valence-electron chi connectivity index (χ4n) is 1.70. The van der Waals surface area contributed by atoms with Gasteiger partial charge in [-0.1, -0.05) is 12.1 Å². The number of nitrogens with zero attached hydrogens (tertiary/aromatic N) is 1. The predicted octanol–water partition coefficient (Wildman–Crippen LogP) is 3.46. The second kappa shape index (κ2) is 5.72. The monoisotopic (exact) mass is 317 g/mol. The number of halogens is 3. The molecule has 0 aliphatic rings. The fraction of sp³-hybridized carbons (Fsp3) is 0.231. The lowest BCUT2D eigenvalue weighted by Gasteiger charge is -2.03. The van der Waals surface area contributed by atoms with E-state index in [0.717, 1.165) is 5.56 Å². The maximum atomic E-state index is 12.7. The molecular formula is C13H10F3NO3S. The van der Waals surface area contributed by atoms with Crippen molar-refractivity contribution < 1.29 is 27.8 Å². The molecule has 1 aromatic heterocycles. The van der Waals surface area contributed by atoms with Crippen LogP contribution in [-0.2, 0) is 12.6 Å². The van der Waals surface area contributed by atoms with Crippen LogP contribution in [0.3, 0.4) is 0 Å². The second-order valence-corrected chi connectivity index (χ2v) is 5.20. The van der Waals surface area contributed by atoms with Gasteiger partial charge < -0.3 is 9.84 Å². The topological polar surface area (TPSA) is 59.4 Å². The number of rotatable bonds is 4. The molecule has 0 spiro atoms. The number of carboxylic acid groups (broad SMARTS) is 1. The Morgan fingerprint density at radius 3 is 2.38 bits per heavy atom. The van der Waals surface area contributed by atoms with Gasteiger partial charge in [-0.25, -0.2) is 9.78 Å². The minimum Gasteiger partial charge on any atom is -0.497 e. The molecule has 0 aliphatic carbocycles. The Balaban J connectivity index is 2.30. The third kappa shape index (κ3) is 3.52. The van der Waals surface area contributed by atoms with Crippen molar-refractivity contribution in [2.24, 2.45) is 0 Å². The number of aromatic nitrogens is 1. The zero-order valence-corrected chi connectivity index (χ0v) is 11.6. The molecule has 1 heterocycles. The Labute approximate surface area is 121 Å². The highest BCUT2D eigenvalue weighted by Crippen LogP contribution is 2.35. The molecule has 112 valence electrons. The molecule has 1 aromatic carbocycles. The van der Waals surface area contributed by atoms with Crippen molar-refractivity contribution in [2.45, 2.75) is 12.6 Å². The Morgan fingerprint density at radius 2 is 1.95 bits per heavy atom. The Bertz CT molecular complexity index is 650. The quantitative estimate of drug-likeness (QED) is 0.938. The van der Waals surface area contributed by atoms with E-state index in [2.05, 4.69) is 4.98 Å². The first-order valence-corrected chi connectivity index (χ1v) is 6.56. The largest absolute Gasteiger partial charge is 0.497 e. The van der Waals surface area contributed by atoms with E-state index in [4.69, 9.17) is 9.84 Å². The summed E-state index contributed by atoms with van der Waals surface area (Å²) in [5, 5.41) is 8.93. The number of benzene rings is 1. The normalized spacial score (nSPS) is 11.4. The number of thiazole rings is 1. The van der Waals surface area contributed by atoms with Crippen LogP contribution >= 0.6 is 11.3 Å². The van der Waals surface area contributed by atoms with Gasteiger partial charge in [-0.15, -0.1) is 11.3 Å². The van der Waals surface area contributed by atoms with Crippen LogP contribution in [0.5, 0.6) is 5.75 Å². The average Bonchev–Trinajstić information content (AvgIpc) is 2.84. The van der Waals surface area contributed by atoms with Gasteiger partial charge in [0.2, 0.25) is 0 Å². The molecule has 0 unspecified atom stereocenters. The zero-order valence-electron chi connectivity index (χ0n) is 10.8. The Hall–Kier alpha value is -2.09. The summed E-state index contributed by atoms with van der Waals surface area (Å²) < 4.78 is 43.2. The first-order valence-electron chi connectivity index (χ1n) is 5.74. The summed E-state index contributed by atoms with van der Waals surface area (Å²) in [6.07, 6.45) is -4.65. The van der Waals surface area contributed by atoms with E-state index >= 15 is 0 Å². The van der Waals surface area contributed by atoms with Gasteiger partial charge in [-0.3, -0.25) is 0 Å². The fourth-order valence-corrected chi connectivity index (χ4v) is 2.65. The molecule has 21 heavy (non-hydrogen) atoms. The van der Waals surface area contributed by atoms with Crippen LogP contribution in [-0.4, -0.2) is 23.2 Å². The molecule has 0 saturated carbocycles. The molecule has 0 bridgehead atoms. The SMILES string of the molecule is COc1ccc(Cc2nc(C(F)(F)F)c(C(=O)O)s2)cc1. The van der Waals surface area contributed by atoms with Crippen LogP contribution in [0, 0.1) is 0 Å². The van der Waals surface area contributed by atoms with E-state index in [-0.39, 0.29) is 11.4 Å². The van der Waals surface area contributed by atoms with Crippen molar-refractivity contribution in [3.63, 3.8) is 0 Å². The van der Waals surface area contributed by atoms with Crippen molar-refractivity contribution in [3.05, 3.63) is 45.4 Å². The van der Waals surface area contributed by atoms with Crippen molar-refractivity contribution in [1.82, 2.24) is 4.98 Å². The smallest absolute Gasteiger partial charge is 0.435 e. The number of methoxy groups -OCH3 is 1. The standard InChI is InChI=1S/C13H10F3NO3S/c1-20-8-4-2-7(3-5-8)6-9-17-11(13(14,15)16)10(21-9)12(18)19/h2-5H,6H2,1H3,(H,18,19). The summed E-state index contributed by atoms with van der Waals surface area (Å²) in [6, 6.07) is 6.72. The molecule has 8 heteroatoms. The van der Waals surface area contributed by atoms with Gasteiger partial charge in [-0.05, 0) is 17.7 Å². The molecule has 2 aromatic rings. The van der Waals surface area contributed by atoms with Gasteiger partial charge in [0.05, 0.1) is 12.1 Å². The van der Waals surface area contributed by atoms with Gasteiger partial charge in [-0.2, -0.15) is 13.2 Å². The third-order valence-corrected chi connectivity index (χ3v) is 3.69. The van der Waals surface area contributed by atoms with E-state index in [9.17, 15) is 18.0 Å². The van der Waals surface area contributed by atoms with Gasteiger partial charge >= 0.3 is 12.1 Å². The van der Waals surface area contributed by atoms with Crippen LogP contribution in [0.2, 0.25) is 0 Å². The van der Waals surface area contributed by atoms with Crippen molar-refractivity contribution >= 4 is 17.3 Å². The molecule has 2 rings (SSSR count). The van der Waals surface area contributed by atoms with Gasteiger partial charge in [0.25, 0.3) is 0 Å². The first kappa shape index (κ1) is 15.3. The molecule has 4 nitrogen and oxygen atoms in total. The van der Waals surface area contributed by atoms with Crippen molar-refractivity contribution in [2.75, 3.05) is 7.11 Å². The molecule has 0 amide bonds. The number of hydrogen-bond acceptors (Lipinski definition) is 4. The maximum Gasteiger partial charge on any atom is 0.435 e. The summed E-state index contributed by atoms with van der Waals surface area (Å²) in [5.41, 5.74) is -0.626. The number of alkyl halides is 3. The summed E-state index contributed by atoms with van der Waals surface area (Å²) in [4.78, 5) is 13.5. The first-order chi connectivity index (χ1) is 9.81. The molecule has 0 aliphatic heterocycles. The number of aromatic carboxylic acids is 1. The zero-order chi connectivity index (χ0) is 15.6. The van der Waals surface area contributed by atoms with Crippen molar-refractivity contribution in [3.8, 4) is 5.75 Å². The highest BCUT2D eigenvalue weighted by Gasteiger charge is 2.39. The number of carbonyl (C=O) groups is 1. The third-order valence-electron chi connectivity index (χ3n) is 2.65. The van der Waals surface area contributed by atoms with Crippen LogP contribution < -0.4 is 4.74 Å². The van der Waals surface area contributed by atoms with E-state index in [1.165, 1.54) is 7.11 Å². The maximum absolute atomic E-state index is 12.7. The summed E-state index contributed by atoms with van der Waals surface area (Å²) in [5.74, 6) is -0.999.